The smallest absolute Gasteiger partial charge is 0.226 e. The zero-order chi connectivity index (χ0) is 13.2. The number of nitrogens with zero attached hydrogens (tertiary/aromatic N) is 1. The van der Waals surface area contributed by atoms with Gasteiger partial charge in [0.1, 0.15) is 0 Å². The van der Waals surface area contributed by atoms with Gasteiger partial charge in [0.2, 0.25) is 5.91 Å². The molecule has 1 aromatic heterocycles. The van der Waals surface area contributed by atoms with E-state index in [1.165, 1.54) is 25.7 Å². The molecule has 1 heterocycles. The first-order valence-corrected chi connectivity index (χ1v) is 7.19. The van der Waals surface area contributed by atoms with Crippen LogP contribution in [-0.4, -0.2) is 17.4 Å². The molecular weight excluding hydrogens is 238 g/mol. The number of carbonyl (C=O) groups excluding carboxylic acids is 1. The maximum Gasteiger partial charge on any atom is 0.226 e. The summed E-state index contributed by atoms with van der Waals surface area (Å²) in [5.74, 6) is 2.55. The van der Waals surface area contributed by atoms with Gasteiger partial charge in [-0.2, -0.15) is 0 Å². The van der Waals surface area contributed by atoms with Crippen molar-refractivity contribution in [1.82, 2.24) is 10.3 Å². The Morgan fingerprint density at radius 2 is 2.00 bits per heavy atom. The van der Waals surface area contributed by atoms with Crippen molar-refractivity contribution in [1.29, 1.82) is 0 Å². The van der Waals surface area contributed by atoms with Crippen molar-refractivity contribution in [3.05, 3.63) is 24.0 Å². The lowest BCUT2D eigenvalue weighted by Gasteiger charge is -2.16. The second kappa shape index (κ2) is 5.19. The molecule has 0 atom stereocenters. The van der Waals surface area contributed by atoms with Crippen molar-refractivity contribution in [2.75, 3.05) is 12.3 Å². The minimum atomic E-state index is 0.0728. The molecule has 1 aromatic rings. The highest BCUT2D eigenvalue weighted by atomic mass is 16.1. The molecule has 3 N–H and O–H groups in total. The first kappa shape index (κ1) is 12.5. The van der Waals surface area contributed by atoms with E-state index < -0.39 is 0 Å². The molecule has 2 aliphatic rings. The zero-order valence-electron chi connectivity index (χ0n) is 11.1. The van der Waals surface area contributed by atoms with Gasteiger partial charge in [-0.25, -0.2) is 0 Å². The quantitative estimate of drug-likeness (QED) is 0.818. The van der Waals surface area contributed by atoms with E-state index in [1.54, 1.807) is 12.3 Å². The highest BCUT2D eigenvalue weighted by Gasteiger charge is 2.41. The van der Waals surface area contributed by atoms with Crippen LogP contribution in [0.4, 0.5) is 5.69 Å². The van der Waals surface area contributed by atoms with E-state index in [1.807, 2.05) is 6.07 Å². The highest BCUT2D eigenvalue weighted by molar-refractivity contribution is 5.78. The fourth-order valence-electron chi connectivity index (χ4n) is 2.77. The molecule has 4 heteroatoms. The molecule has 2 fully saturated rings. The average Bonchev–Trinajstić information content (AvgIpc) is 3.26. The van der Waals surface area contributed by atoms with Gasteiger partial charge in [-0.05, 0) is 55.6 Å². The predicted molar refractivity (Wildman–Crippen MR) is 74.3 cm³/mol. The lowest BCUT2D eigenvalue weighted by atomic mass is 9.98. The third-order valence-electron chi connectivity index (χ3n) is 4.18. The van der Waals surface area contributed by atoms with Gasteiger partial charge >= 0.3 is 0 Å². The van der Waals surface area contributed by atoms with Crippen LogP contribution in [0.5, 0.6) is 0 Å². The summed E-state index contributed by atoms with van der Waals surface area (Å²) in [6, 6.07) is 3.60. The minimum absolute atomic E-state index is 0.0728. The standard InChI is InChI=1S/C15H21N3O/c16-12-5-6-13(17-8-12)7-15(19)18-9-14(10-1-2-10)11-3-4-11/h5-6,8,10-11,14H,1-4,7,9,16H2,(H,18,19). The Bertz CT molecular complexity index is 437. The third kappa shape index (κ3) is 3.46. The van der Waals surface area contributed by atoms with Crippen LogP contribution in [0.1, 0.15) is 31.4 Å². The van der Waals surface area contributed by atoms with Crippen molar-refractivity contribution in [2.24, 2.45) is 17.8 Å². The number of amides is 1. The number of hydrogen-bond donors (Lipinski definition) is 2. The van der Waals surface area contributed by atoms with E-state index in [0.29, 0.717) is 12.1 Å². The molecule has 0 spiro atoms. The summed E-state index contributed by atoms with van der Waals surface area (Å²) in [5.41, 5.74) is 6.98. The molecule has 0 radical (unpaired) electrons. The molecule has 0 unspecified atom stereocenters. The number of nitrogens with one attached hydrogen (secondary N) is 1. The van der Waals surface area contributed by atoms with Gasteiger partial charge in [-0.15, -0.1) is 0 Å². The van der Waals surface area contributed by atoms with Gasteiger partial charge in [-0.1, -0.05) is 0 Å². The minimum Gasteiger partial charge on any atom is -0.397 e. The van der Waals surface area contributed by atoms with Crippen molar-refractivity contribution < 1.29 is 4.79 Å². The molecular formula is C15H21N3O. The summed E-state index contributed by atoms with van der Waals surface area (Å²) in [7, 11) is 0. The summed E-state index contributed by atoms with van der Waals surface area (Å²) in [4.78, 5) is 16.1. The molecule has 0 bridgehead atoms. The lowest BCUT2D eigenvalue weighted by molar-refractivity contribution is -0.120. The summed E-state index contributed by atoms with van der Waals surface area (Å²) in [5, 5.41) is 3.08. The normalized spacial score (nSPS) is 18.6. The van der Waals surface area contributed by atoms with Gasteiger partial charge in [0.15, 0.2) is 0 Å². The van der Waals surface area contributed by atoms with Crippen molar-refractivity contribution >= 4 is 11.6 Å². The number of aromatic nitrogens is 1. The Kier molecular flexibility index (Phi) is 3.40. The fourth-order valence-corrected chi connectivity index (χ4v) is 2.77. The predicted octanol–water partition coefficient (Wildman–Crippen LogP) is 1.76. The second-order valence-corrected chi connectivity index (χ2v) is 5.90. The van der Waals surface area contributed by atoms with Crippen LogP contribution < -0.4 is 11.1 Å². The molecule has 0 aromatic carbocycles. The Morgan fingerprint density at radius 1 is 1.32 bits per heavy atom. The molecule has 2 saturated carbocycles. The van der Waals surface area contributed by atoms with E-state index in [9.17, 15) is 4.79 Å². The first-order valence-electron chi connectivity index (χ1n) is 7.19. The van der Waals surface area contributed by atoms with Crippen LogP contribution in [0.2, 0.25) is 0 Å². The number of rotatable bonds is 6. The number of nitrogens with two attached hydrogens (primary N) is 1. The van der Waals surface area contributed by atoms with Gasteiger partial charge < -0.3 is 11.1 Å². The van der Waals surface area contributed by atoms with E-state index >= 15 is 0 Å². The molecule has 1 amide bonds. The summed E-state index contributed by atoms with van der Waals surface area (Å²) in [6.07, 6.45) is 7.38. The Labute approximate surface area is 113 Å². The van der Waals surface area contributed by atoms with Crippen LogP contribution >= 0.6 is 0 Å². The monoisotopic (exact) mass is 259 g/mol. The van der Waals surface area contributed by atoms with Gasteiger partial charge in [0.05, 0.1) is 18.3 Å². The molecule has 3 rings (SSSR count). The van der Waals surface area contributed by atoms with E-state index in [0.717, 1.165) is 30.0 Å². The van der Waals surface area contributed by atoms with E-state index in [-0.39, 0.29) is 5.91 Å². The fraction of sp³-hybridized carbons (Fsp3) is 0.600. The molecule has 19 heavy (non-hydrogen) atoms. The number of nitrogen functional groups attached to an aromatic ring is 1. The number of anilines is 1. The maximum absolute atomic E-state index is 11.9. The number of carbonyl (C=O) groups is 1. The van der Waals surface area contributed by atoms with Crippen molar-refractivity contribution in [3.63, 3.8) is 0 Å². The maximum atomic E-state index is 11.9. The van der Waals surface area contributed by atoms with Crippen LogP contribution in [0.15, 0.2) is 18.3 Å². The van der Waals surface area contributed by atoms with Gasteiger partial charge in [-0.3, -0.25) is 9.78 Å². The van der Waals surface area contributed by atoms with Crippen LogP contribution in [-0.2, 0) is 11.2 Å². The zero-order valence-corrected chi connectivity index (χ0v) is 11.1. The second-order valence-electron chi connectivity index (χ2n) is 5.90. The highest BCUT2D eigenvalue weighted by Crippen LogP contribution is 2.48. The SMILES string of the molecule is Nc1ccc(CC(=O)NCC(C2CC2)C2CC2)nc1. The van der Waals surface area contributed by atoms with Crippen molar-refractivity contribution in [3.8, 4) is 0 Å². The first-order chi connectivity index (χ1) is 9.22. The van der Waals surface area contributed by atoms with Gasteiger partial charge in [0.25, 0.3) is 0 Å². The molecule has 0 saturated heterocycles. The molecule has 102 valence electrons. The topological polar surface area (TPSA) is 68.0 Å². The van der Waals surface area contributed by atoms with Crippen LogP contribution in [0, 0.1) is 17.8 Å². The number of pyridine rings is 1. The Morgan fingerprint density at radius 3 is 2.53 bits per heavy atom. The largest absolute Gasteiger partial charge is 0.397 e. The molecule has 4 nitrogen and oxygen atoms in total. The summed E-state index contributed by atoms with van der Waals surface area (Å²) < 4.78 is 0. The van der Waals surface area contributed by atoms with Crippen LogP contribution in [0.3, 0.4) is 0 Å². The summed E-state index contributed by atoms with van der Waals surface area (Å²) >= 11 is 0. The average molecular weight is 259 g/mol. The Hall–Kier alpha value is -1.58. The van der Waals surface area contributed by atoms with E-state index in [2.05, 4.69) is 10.3 Å². The van der Waals surface area contributed by atoms with Crippen molar-refractivity contribution in [2.45, 2.75) is 32.1 Å². The molecule has 0 aliphatic heterocycles. The molecule has 2 aliphatic carbocycles. The number of hydrogen-bond acceptors (Lipinski definition) is 3. The van der Waals surface area contributed by atoms with Crippen LogP contribution in [0.25, 0.3) is 0 Å². The van der Waals surface area contributed by atoms with Gasteiger partial charge in [0, 0.05) is 12.2 Å². The summed E-state index contributed by atoms with van der Waals surface area (Å²) in [6.45, 7) is 0.850. The Balaban J connectivity index is 1.46. The lowest BCUT2D eigenvalue weighted by Crippen LogP contribution is -2.32. The third-order valence-corrected chi connectivity index (χ3v) is 4.18. The van der Waals surface area contributed by atoms with E-state index in [4.69, 9.17) is 5.73 Å².